The Kier molecular flexibility index (Phi) is 3.84. The Morgan fingerprint density at radius 2 is 1.71 bits per heavy atom. The Morgan fingerprint density at radius 1 is 1.00 bits per heavy atom. The molecule has 0 saturated heterocycles. The second kappa shape index (κ2) is 5.78. The molecule has 0 aliphatic heterocycles. The monoisotopic (exact) mass is 300 g/mol. The molecular weight excluding hydrogens is 284 g/mol. The van der Waals surface area contributed by atoms with Crippen LogP contribution in [0.25, 0.3) is 11.0 Å². The van der Waals surface area contributed by atoms with Crippen molar-refractivity contribution in [2.24, 2.45) is 0 Å². The number of H-pyrrole nitrogens is 2. The highest BCUT2D eigenvalue weighted by Crippen LogP contribution is 2.39. The van der Waals surface area contributed by atoms with E-state index in [2.05, 4.69) is 29.0 Å². The summed E-state index contributed by atoms with van der Waals surface area (Å²) >= 11 is 6.71. The van der Waals surface area contributed by atoms with Crippen molar-refractivity contribution < 1.29 is 0 Å². The summed E-state index contributed by atoms with van der Waals surface area (Å²) in [5, 5.41) is -0.125. The van der Waals surface area contributed by atoms with E-state index in [1.165, 1.54) is 5.56 Å². The van der Waals surface area contributed by atoms with Gasteiger partial charge in [-0.15, -0.1) is 11.6 Å². The number of rotatable bonds is 4. The molecule has 0 amide bonds. The molecule has 0 bridgehead atoms. The standard InChI is InChI=1S/C17H17ClN2O/c1-2-13(11-6-4-3-5-7-11)16(18)12-8-9-14-15(10-12)20-17(21)19-14/h3-10,13,16H,2H2,1H3,(H2,19,20,21). The third-order valence-corrected chi connectivity index (χ3v) is 4.44. The van der Waals surface area contributed by atoms with Crippen LogP contribution in [0.2, 0.25) is 0 Å². The first-order valence-electron chi connectivity index (χ1n) is 7.10. The molecule has 2 N–H and O–H groups in total. The van der Waals surface area contributed by atoms with Crippen molar-refractivity contribution in [2.45, 2.75) is 24.6 Å². The van der Waals surface area contributed by atoms with E-state index >= 15 is 0 Å². The summed E-state index contributed by atoms with van der Waals surface area (Å²) in [5.74, 6) is 0.246. The first-order chi connectivity index (χ1) is 10.2. The lowest BCUT2D eigenvalue weighted by atomic mass is 9.89. The van der Waals surface area contributed by atoms with Gasteiger partial charge in [-0.25, -0.2) is 4.79 Å². The molecule has 1 aromatic heterocycles. The van der Waals surface area contributed by atoms with Crippen LogP contribution in [0.3, 0.4) is 0 Å². The van der Waals surface area contributed by atoms with Crippen LogP contribution in [0, 0.1) is 0 Å². The molecule has 2 atom stereocenters. The van der Waals surface area contributed by atoms with Crippen molar-refractivity contribution >= 4 is 22.6 Å². The number of hydrogen-bond donors (Lipinski definition) is 2. The minimum Gasteiger partial charge on any atom is -0.306 e. The van der Waals surface area contributed by atoms with Crippen molar-refractivity contribution in [1.82, 2.24) is 9.97 Å². The summed E-state index contributed by atoms with van der Waals surface area (Å²) in [6.07, 6.45) is 0.958. The number of imidazole rings is 1. The number of aromatic nitrogens is 2. The molecule has 3 rings (SSSR count). The molecule has 3 nitrogen and oxygen atoms in total. The van der Waals surface area contributed by atoms with Gasteiger partial charge < -0.3 is 9.97 Å². The zero-order chi connectivity index (χ0) is 14.8. The Bertz CT molecular complexity index is 791. The predicted octanol–water partition coefficient (Wildman–Crippen LogP) is 4.33. The van der Waals surface area contributed by atoms with Crippen LogP contribution >= 0.6 is 11.6 Å². The first-order valence-corrected chi connectivity index (χ1v) is 7.53. The Morgan fingerprint density at radius 3 is 2.43 bits per heavy atom. The van der Waals surface area contributed by atoms with E-state index in [1.54, 1.807) is 0 Å². The highest BCUT2D eigenvalue weighted by molar-refractivity contribution is 6.21. The number of nitrogens with one attached hydrogen (secondary N) is 2. The lowest BCUT2D eigenvalue weighted by Gasteiger charge is -2.21. The van der Waals surface area contributed by atoms with Gasteiger partial charge in [-0.05, 0) is 29.7 Å². The smallest absolute Gasteiger partial charge is 0.306 e. The van der Waals surface area contributed by atoms with Crippen LogP contribution in [0.5, 0.6) is 0 Å². The first kappa shape index (κ1) is 14.0. The molecule has 0 fully saturated rings. The molecule has 0 radical (unpaired) electrons. The zero-order valence-electron chi connectivity index (χ0n) is 11.8. The number of alkyl halides is 1. The SMILES string of the molecule is CCC(c1ccccc1)C(Cl)c1ccc2[nH]c(=O)[nH]c2c1. The van der Waals surface area contributed by atoms with Gasteiger partial charge in [0.15, 0.2) is 0 Å². The summed E-state index contributed by atoms with van der Waals surface area (Å²) in [7, 11) is 0. The Labute approximate surface area is 128 Å². The van der Waals surface area contributed by atoms with E-state index in [4.69, 9.17) is 11.6 Å². The number of aromatic amines is 2. The summed E-state index contributed by atoms with van der Waals surface area (Å²) in [5.41, 5.74) is 3.67. The number of hydrogen-bond acceptors (Lipinski definition) is 1. The van der Waals surface area contributed by atoms with Crippen LogP contribution in [0.4, 0.5) is 0 Å². The fourth-order valence-corrected chi connectivity index (χ4v) is 3.23. The van der Waals surface area contributed by atoms with Gasteiger partial charge in [0, 0.05) is 5.92 Å². The van der Waals surface area contributed by atoms with Gasteiger partial charge in [0.05, 0.1) is 16.4 Å². The van der Waals surface area contributed by atoms with Gasteiger partial charge >= 0.3 is 5.69 Å². The molecule has 4 heteroatoms. The zero-order valence-corrected chi connectivity index (χ0v) is 12.5. The van der Waals surface area contributed by atoms with Gasteiger partial charge in [0.2, 0.25) is 0 Å². The van der Waals surface area contributed by atoms with E-state index in [0.717, 1.165) is 23.0 Å². The van der Waals surface area contributed by atoms with E-state index in [-0.39, 0.29) is 17.0 Å². The van der Waals surface area contributed by atoms with Crippen LogP contribution in [0.15, 0.2) is 53.3 Å². The number of fused-ring (bicyclic) bond motifs is 1. The third-order valence-electron chi connectivity index (χ3n) is 3.88. The van der Waals surface area contributed by atoms with Crippen molar-refractivity contribution in [3.8, 4) is 0 Å². The van der Waals surface area contributed by atoms with E-state index in [1.807, 2.05) is 36.4 Å². The largest absolute Gasteiger partial charge is 0.323 e. The third kappa shape index (κ3) is 2.74. The molecule has 2 unspecified atom stereocenters. The summed E-state index contributed by atoms with van der Waals surface area (Å²) < 4.78 is 0. The fourth-order valence-electron chi connectivity index (χ4n) is 2.77. The maximum Gasteiger partial charge on any atom is 0.323 e. The maximum atomic E-state index is 11.3. The van der Waals surface area contributed by atoms with Crippen LogP contribution in [-0.4, -0.2) is 9.97 Å². The molecule has 108 valence electrons. The fraction of sp³-hybridized carbons (Fsp3) is 0.235. The van der Waals surface area contributed by atoms with Crippen molar-refractivity contribution in [1.29, 1.82) is 0 Å². The number of halogens is 1. The van der Waals surface area contributed by atoms with E-state index in [9.17, 15) is 4.79 Å². The molecule has 1 heterocycles. The normalized spacial score (nSPS) is 14.2. The molecule has 0 spiro atoms. The van der Waals surface area contributed by atoms with E-state index in [0.29, 0.717) is 0 Å². The molecule has 0 aliphatic rings. The Hall–Kier alpha value is -2.00. The molecule has 0 saturated carbocycles. The summed E-state index contributed by atoms with van der Waals surface area (Å²) in [6, 6.07) is 16.1. The predicted molar refractivity (Wildman–Crippen MR) is 87.0 cm³/mol. The molecule has 0 aliphatic carbocycles. The second-order valence-electron chi connectivity index (χ2n) is 5.21. The summed E-state index contributed by atoms with van der Waals surface area (Å²) in [6.45, 7) is 2.14. The van der Waals surface area contributed by atoms with Crippen molar-refractivity contribution in [2.75, 3.05) is 0 Å². The van der Waals surface area contributed by atoms with Gasteiger partial charge in [0.25, 0.3) is 0 Å². The Balaban J connectivity index is 1.97. The van der Waals surface area contributed by atoms with Gasteiger partial charge in [-0.2, -0.15) is 0 Å². The molecule has 2 aromatic carbocycles. The van der Waals surface area contributed by atoms with Gasteiger partial charge in [0.1, 0.15) is 0 Å². The quantitative estimate of drug-likeness (QED) is 0.692. The topological polar surface area (TPSA) is 48.6 Å². The average molecular weight is 301 g/mol. The lowest BCUT2D eigenvalue weighted by Crippen LogP contribution is -2.05. The minimum absolute atomic E-state index is 0.125. The molecule has 21 heavy (non-hydrogen) atoms. The van der Waals surface area contributed by atoms with Gasteiger partial charge in [-0.3, -0.25) is 0 Å². The van der Waals surface area contributed by atoms with Gasteiger partial charge in [-0.1, -0.05) is 43.3 Å². The molecular formula is C17H17ClN2O. The molecule has 3 aromatic rings. The van der Waals surface area contributed by atoms with Crippen molar-refractivity contribution in [3.05, 3.63) is 70.1 Å². The number of benzene rings is 2. The van der Waals surface area contributed by atoms with E-state index < -0.39 is 0 Å². The highest BCUT2D eigenvalue weighted by atomic mass is 35.5. The average Bonchev–Trinajstić information content (AvgIpc) is 2.88. The lowest BCUT2D eigenvalue weighted by molar-refractivity contribution is 0.641. The van der Waals surface area contributed by atoms with Crippen LogP contribution in [0.1, 0.15) is 35.8 Å². The van der Waals surface area contributed by atoms with Crippen molar-refractivity contribution in [3.63, 3.8) is 0 Å². The maximum absolute atomic E-state index is 11.3. The summed E-state index contributed by atoms with van der Waals surface area (Å²) in [4.78, 5) is 16.9. The van der Waals surface area contributed by atoms with Crippen LogP contribution < -0.4 is 5.69 Å². The second-order valence-corrected chi connectivity index (χ2v) is 5.68. The highest BCUT2D eigenvalue weighted by Gasteiger charge is 2.21. The minimum atomic E-state index is -0.191. The van der Waals surface area contributed by atoms with Crippen LogP contribution in [-0.2, 0) is 0 Å².